The van der Waals surface area contributed by atoms with E-state index in [9.17, 15) is 13.2 Å². The van der Waals surface area contributed by atoms with Crippen molar-refractivity contribution in [3.8, 4) is 5.75 Å². The number of hydrogen-bond donors (Lipinski definition) is 0. The van der Waals surface area contributed by atoms with Crippen molar-refractivity contribution >= 4 is 5.69 Å². The largest absolute Gasteiger partial charge is 0.573 e. The predicted octanol–water partition coefficient (Wildman–Crippen LogP) is 3.46. The second-order valence-corrected chi connectivity index (χ2v) is 4.60. The van der Waals surface area contributed by atoms with Gasteiger partial charge in [-0.15, -0.1) is 13.2 Å². The van der Waals surface area contributed by atoms with Gasteiger partial charge in [0.05, 0.1) is 12.4 Å². The lowest BCUT2D eigenvalue weighted by Crippen LogP contribution is -2.24. The Labute approximate surface area is 109 Å². The minimum Gasteiger partial charge on any atom is -0.404 e. The molecule has 104 valence electrons. The average molecular weight is 272 g/mol. The standard InChI is InChI=1S/C13H15F3N2O/c1-9-4-5-11(12(6-9)19-13(14,15)16)18-7-10(2)17(3)8-18/h4-7H,8H2,1-3H3. The summed E-state index contributed by atoms with van der Waals surface area (Å²) in [6, 6.07) is 4.80. The summed E-state index contributed by atoms with van der Waals surface area (Å²) < 4.78 is 41.4. The van der Waals surface area contributed by atoms with Gasteiger partial charge in [0.2, 0.25) is 0 Å². The van der Waals surface area contributed by atoms with Crippen molar-refractivity contribution in [2.75, 3.05) is 18.6 Å². The van der Waals surface area contributed by atoms with E-state index in [1.54, 1.807) is 30.2 Å². The Balaban J connectivity index is 2.35. The van der Waals surface area contributed by atoms with Gasteiger partial charge in [0.25, 0.3) is 0 Å². The molecule has 0 radical (unpaired) electrons. The molecule has 6 heteroatoms. The summed E-state index contributed by atoms with van der Waals surface area (Å²) in [4.78, 5) is 3.67. The van der Waals surface area contributed by atoms with Crippen LogP contribution in [0.5, 0.6) is 5.75 Å². The molecule has 0 bridgehead atoms. The molecule has 0 saturated heterocycles. The van der Waals surface area contributed by atoms with Crippen LogP contribution in [0.4, 0.5) is 18.9 Å². The van der Waals surface area contributed by atoms with E-state index in [-0.39, 0.29) is 5.75 Å². The summed E-state index contributed by atoms with van der Waals surface area (Å²) in [7, 11) is 1.88. The fourth-order valence-corrected chi connectivity index (χ4v) is 1.92. The maximum Gasteiger partial charge on any atom is 0.573 e. The third-order valence-electron chi connectivity index (χ3n) is 2.96. The van der Waals surface area contributed by atoms with Crippen molar-refractivity contribution in [2.24, 2.45) is 0 Å². The van der Waals surface area contributed by atoms with E-state index in [1.165, 1.54) is 6.07 Å². The highest BCUT2D eigenvalue weighted by Crippen LogP contribution is 2.35. The number of rotatable bonds is 2. The molecule has 1 aliphatic heterocycles. The first-order chi connectivity index (χ1) is 8.76. The fraction of sp³-hybridized carbons (Fsp3) is 0.385. The number of ether oxygens (including phenoxy) is 1. The summed E-state index contributed by atoms with van der Waals surface area (Å²) in [6.45, 7) is 4.13. The Bertz CT molecular complexity index is 511. The molecule has 0 unspecified atom stereocenters. The van der Waals surface area contributed by atoms with Gasteiger partial charge in [-0.3, -0.25) is 0 Å². The number of benzene rings is 1. The van der Waals surface area contributed by atoms with Crippen LogP contribution in [-0.2, 0) is 0 Å². The first-order valence-corrected chi connectivity index (χ1v) is 5.79. The smallest absolute Gasteiger partial charge is 0.404 e. The van der Waals surface area contributed by atoms with Crippen LogP contribution < -0.4 is 9.64 Å². The van der Waals surface area contributed by atoms with Gasteiger partial charge < -0.3 is 14.5 Å². The van der Waals surface area contributed by atoms with Gasteiger partial charge in [-0.1, -0.05) is 6.07 Å². The number of anilines is 1. The maximum atomic E-state index is 12.4. The highest BCUT2D eigenvalue weighted by Gasteiger charge is 2.33. The Morgan fingerprint density at radius 1 is 1.21 bits per heavy atom. The molecular weight excluding hydrogens is 257 g/mol. The lowest BCUT2D eigenvalue weighted by Gasteiger charge is -2.22. The summed E-state index contributed by atoms with van der Waals surface area (Å²) in [5, 5.41) is 0. The summed E-state index contributed by atoms with van der Waals surface area (Å²) in [5.74, 6) is -0.174. The van der Waals surface area contributed by atoms with E-state index in [0.29, 0.717) is 12.4 Å². The monoisotopic (exact) mass is 272 g/mol. The van der Waals surface area contributed by atoms with Crippen LogP contribution in [0.3, 0.4) is 0 Å². The van der Waals surface area contributed by atoms with Gasteiger partial charge in [0.1, 0.15) is 0 Å². The topological polar surface area (TPSA) is 15.7 Å². The SMILES string of the molecule is CC1=CN(c2ccc(C)cc2OC(F)(F)F)CN1C. The molecule has 0 amide bonds. The van der Waals surface area contributed by atoms with E-state index in [4.69, 9.17) is 0 Å². The van der Waals surface area contributed by atoms with Crippen molar-refractivity contribution in [2.45, 2.75) is 20.2 Å². The minimum atomic E-state index is -4.69. The van der Waals surface area contributed by atoms with Crippen LogP contribution in [-0.4, -0.2) is 25.0 Å². The third-order valence-corrected chi connectivity index (χ3v) is 2.96. The number of nitrogens with zero attached hydrogens (tertiary/aromatic N) is 2. The molecule has 0 aromatic heterocycles. The summed E-state index contributed by atoms with van der Waals surface area (Å²) in [6.07, 6.45) is -2.89. The highest BCUT2D eigenvalue weighted by molar-refractivity contribution is 5.62. The van der Waals surface area contributed by atoms with Gasteiger partial charge >= 0.3 is 6.36 Å². The second-order valence-electron chi connectivity index (χ2n) is 4.60. The fourth-order valence-electron chi connectivity index (χ4n) is 1.92. The lowest BCUT2D eigenvalue weighted by atomic mass is 10.2. The molecule has 0 saturated carbocycles. The van der Waals surface area contributed by atoms with Crippen molar-refractivity contribution < 1.29 is 17.9 Å². The van der Waals surface area contributed by atoms with E-state index < -0.39 is 6.36 Å². The van der Waals surface area contributed by atoms with Gasteiger partial charge in [0.15, 0.2) is 5.75 Å². The van der Waals surface area contributed by atoms with Gasteiger partial charge in [0, 0.05) is 18.9 Å². The lowest BCUT2D eigenvalue weighted by molar-refractivity contribution is -0.274. The summed E-state index contributed by atoms with van der Waals surface area (Å²) >= 11 is 0. The molecular formula is C13H15F3N2O. The molecule has 0 spiro atoms. The number of alkyl halides is 3. The molecule has 1 aromatic rings. The average Bonchev–Trinajstić information content (AvgIpc) is 2.56. The Morgan fingerprint density at radius 2 is 1.89 bits per heavy atom. The molecule has 19 heavy (non-hydrogen) atoms. The molecule has 1 heterocycles. The molecule has 0 fully saturated rings. The van der Waals surface area contributed by atoms with Crippen LogP contribution in [0.15, 0.2) is 30.1 Å². The molecule has 0 atom stereocenters. The van der Waals surface area contributed by atoms with E-state index in [1.807, 2.05) is 18.9 Å². The first kappa shape index (κ1) is 13.6. The van der Waals surface area contributed by atoms with Crippen molar-refractivity contribution in [1.29, 1.82) is 0 Å². The van der Waals surface area contributed by atoms with Crippen molar-refractivity contribution in [3.63, 3.8) is 0 Å². The molecule has 1 aliphatic rings. The maximum absolute atomic E-state index is 12.4. The van der Waals surface area contributed by atoms with E-state index in [2.05, 4.69) is 4.74 Å². The Kier molecular flexibility index (Phi) is 3.34. The normalized spacial score (nSPS) is 15.8. The van der Waals surface area contributed by atoms with Gasteiger partial charge in [-0.05, 0) is 31.5 Å². The van der Waals surface area contributed by atoms with Crippen LogP contribution in [0, 0.1) is 6.92 Å². The van der Waals surface area contributed by atoms with Crippen LogP contribution in [0.25, 0.3) is 0 Å². The highest BCUT2D eigenvalue weighted by atomic mass is 19.4. The number of aryl methyl sites for hydroxylation is 1. The molecule has 2 rings (SSSR count). The first-order valence-electron chi connectivity index (χ1n) is 5.79. The zero-order valence-electron chi connectivity index (χ0n) is 11.0. The molecule has 1 aromatic carbocycles. The predicted molar refractivity (Wildman–Crippen MR) is 66.7 cm³/mol. The molecule has 0 aliphatic carbocycles. The van der Waals surface area contributed by atoms with Crippen LogP contribution in [0.1, 0.15) is 12.5 Å². The van der Waals surface area contributed by atoms with Crippen molar-refractivity contribution in [3.05, 3.63) is 35.7 Å². The third kappa shape index (κ3) is 3.13. The minimum absolute atomic E-state index is 0.174. The second kappa shape index (κ2) is 4.68. The zero-order chi connectivity index (χ0) is 14.2. The Morgan fingerprint density at radius 3 is 2.42 bits per heavy atom. The van der Waals surface area contributed by atoms with E-state index >= 15 is 0 Å². The zero-order valence-corrected chi connectivity index (χ0v) is 11.0. The number of halogens is 3. The molecule has 3 nitrogen and oxygen atoms in total. The van der Waals surface area contributed by atoms with Crippen molar-refractivity contribution in [1.82, 2.24) is 4.90 Å². The van der Waals surface area contributed by atoms with Gasteiger partial charge in [-0.25, -0.2) is 0 Å². The van der Waals surface area contributed by atoms with Crippen LogP contribution in [0.2, 0.25) is 0 Å². The quantitative estimate of drug-likeness (QED) is 0.820. The Hall–Kier alpha value is -1.85. The van der Waals surface area contributed by atoms with E-state index in [0.717, 1.165) is 11.3 Å². The summed E-state index contributed by atoms with van der Waals surface area (Å²) in [5.41, 5.74) is 2.11. The number of allylic oxidation sites excluding steroid dienone is 1. The molecule has 0 N–H and O–H groups in total. The van der Waals surface area contributed by atoms with Gasteiger partial charge in [-0.2, -0.15) is 0 Å². The van der Waals surface area contributed by atoms with Crippen LogP contribution >= 0.6 is 0 Å². The number of hydrogen-bond acceptors (Lipinski definition) is 3.